The summed E-state index contributed by atoms with van der Waals surface area (Å²) in [6.07, 6.45) is 0. The minimum atomic E-state index is -0.662. The van der Waals surface area contributed by atoms with Gasteiger partial charge in [0.1, 0.15) is 5.75 Å². The molecule has 0 saturated carbocycles. The van der Waals surface area contributed by atoms with Crippen molar-refractivity contribution < 1.29 is 24.2 Å². The fourth-order valence-electron chi connectivity index (χ4n) is 4.30. The Labute approximate surface area is 219 Å². The van der Waals surface area contributed by atoms with Gasteiger partial charge in [-0.1, -0.05) is 12.1 Å². The maximum Gasteiger partial charge on any atom is 0.336 e. The number of rotatable bonds is 8. The van der Waals surface area contributed by atoms with Gasteiger partial charge in [-0.3, -0.25) is 0 Å². The van der Waals surface area contributed by atoms with Crippen LogP contribution in [0, 0.1) is 0 Å². The molecule has 2 heterocycles. The third-order valence-electron chi connectivity index (χ3n) is 5.89. The average molecular weight is 520 g/mol. The summed E-state index contributed by atoms with van der Waals surface area (Å²) in [6, 6.07) is 14.4. The second kappa shape index (κ2) is 11.3. The van der Waals surface area contributed by atoms with Crippen LogP contribution in [0.15, 0.2) is 76.5 Å². The zero-order valence-corrected chi connectivity index (χ0v) is 21.9. The number of hydrogen-bond acceptors (Lipinski definition) is 9. The third-order valence-corrected chi connectivity index (χ3v) is 6.65. The molecule has 1 aliphatic heterocycles. The molecule has 0 amide bonds. The van der Waals surface area contributed by atoms with Gasteiger partial charge in [0.15, 0.2) is 5.13 Å². The highest BCUT2D eigenvalue weighted by atomic mass is 32.1. The molecule has 1 aliphatic rings. The number of aromatic hydroxyl groups is 1. The van der Waals surface area contributed by atoms with Crippen LogP contribution < -0.4 is 10.6 Å². The lowest BCUT2D eigenvalue weighted by molar-refractivity contribution is -0.139. The first-order chi connectivity index (χ1) is 17.8. The SMILES string of the molecule is CCOC(=O)C1=C(C)NC(C)=C(C(=O)OCC)C1c1cccc(Nc2nc(-c3ccc(O)cc3)cs2)c1. The number of aromatic nitrogens is 1. The van der Waals surface area contributed by atoms with E-state index < -0.39 is 17.9 Å². The number of phenolic OH excluding ortho intramolecular Hbond substituents is 1. The molecule has 2 aromatic carbocycles. The molecule has 0 spiro atoms. The lowest BCUT2D eigenvalue weighted by atomic mass is 9.80. The molecular weight excluding hydrogens is 490 g/mol. The fraction of sp³-hybridized carbons (Fsp3) is 0.250. The van der Waals surface area contributed by atoms with Crippen LogP contribution in [0.25, 0.3) is 11.3 Å². The van der Waals surface area contributed by atoms with E-state index in [9.17, 15) is 14.7 Å². The summed E-state index contributed by atoms with van der Waals surface area (Å²) < 4.78 is 10.7. The van der Waals surface area contributed by atoms with E-state index in [4.69, 9.17) is 9.47 Å². The van der Waals surface area contributed by atoms with E-state index in [2.05, 4.69) is 15.6 Å². The van der Waals surface area contributed by atoms with Crippen molar-refractivity contribution in [2.24, 2.45) is 0 Å². The van der Waals surface area contributed by atoms with Crippen molar-refractivity contribution in [1.29, 1.82) is 0 Å². The monoisotopic (exact) mass is 519 g/mol. The summed E-state index contributed by atoms with van der Waals surface area (Å²) in [5.74, 6) is -1.43. The lowest BCUT2D eigenvalue weighted by Gasteiger charge is -2.30. The van der Waals surface area contributed by atoms with E-state index >= 15 is 0 Å². The zero-order chi connectivity index (χ0) is 26.5. The van der Waals surface area contributed by atoms with Crippen molar-refractivity contribution in [2.75, 3.05) is 18.5 Å². The number of anilines is 2. The summed E-state index contributed by atoms with van der Waals surface area (Å²) in [6.45, 7) is 7.53. The molecule has 3 aromatic rings. The number of phenols is 1. The number of esters is 2. The highest BCUT2D eigenvalue weighted by molar-refractivity contribution is 7.14. The molecule has 192 valence electrons. The van der Waals surface area contributed by atoms with Crippen LogP contribution >= 0.6 is 11.3 Å². The Morgan fingerprint density at radius 3 is 2.22 bits per heavy atom. The van der Waals surface area contributed by atoms with Gasteiger partial charge in [-0.15, -0.1) is 11.3 Å². The van der Waals surface area contributed by atoms with Crippen molar-refractivity contribution in [1.82, 2.24) is 10.3 Å². The fourth-order valence-corrected chi connectivity index (χ4v) is 5.04. The number of dihydropyridines is 1. The zero-order valence-electron chi connectivity index (χ0n) is 21.1. The van der Waals surface area contributed by atoms with Crippen molar-refractivity contribution in [3.8, 4) is 17.0 Å². The first-order valence-corrected chi connectivity index (χ1v) is 12.8. The van der Waals surface area contributed by atoms with Crippen molar-refractivity contribution >= 4 is 34.1 Å². The van der Waals surface area contributed by atoms with Gasteiger partial charge in [0, 0.05) is 28.0 Å². The minimum Gasteiger partial charge on any atom is -0.508 e. The van der Waals surface area contributed by atoms with Gasteiger partial charge in [-0.25, -0.2) is 14.6 Å². The predicted molar refractivity (Wildman–Crippen MR) is 143 cm³/mol. The molecule has 0 aliphatic carbocycles. The van der Waals surface area contributed by atoms with E-state index in [1.165, 1.54) is 11.3 Å². The molecule has 1 aromatic heterocycles. The molecule has 9 heteroatoms. The Balaban J connectivity index is 1.69. The molecule has 0 bridgehead atoms. The highest BCUT2D eigenvalue weighted by Gasteiger charge is 2.38. The van der Waals surface area contributed by atoms with Crippen molar-refractivity contribution in [3.05, 3.63) is 82.0 Å². The van der Waals surface area contributed by atoms with Gasteiger partial charge in [-0.05, 0) is 69.7 Å². The molecular formula is C28H29N3O5S. The lowest BCUT2D eigenvalue weighted by Crippen LogP contribution is -2.32. The molecule has 8 nitrogen and oxygen atoms in total. The van der Waals surface area contributed by atoms with Gasteiger partial charge in [-0.2, -0.15) is 0 Å². The van der Waals surface area contributed by atoms with E-state index in [0.717, 1.165) is 22.5 Å². The van der Waals surface area contributed by atoms with Crippen LogP contribution in [0.1, 0.15) is 39.2 Å². The maximum atomic E-state index is 13.0. The molecule has 0 saturated heterocycles. The Hall–Kier alpha value is -4.11. The average Bonchev–Trinajstić information content (AvgIpc) is 3.32. The Morgan fingerprint density at radius 1 is 1.00 bits per heavy atom. The molecule has 37 heavy (non-hydrogen) atoms. The van der Waals surface area contributed by atoms with Gasteiger partial charge in [0.2, 0.25) is 0 Å². The minimum absolute atomic E-state index is 0.199. The second-order valence-electron chi connectivity index (χ2n) is 8.41. The standard InChI is InChI=1S/C28H29N3O5S/c1-5-35-26(33)23-16(3)29-17(4)24(27(34)36-6-2)25(23)19-8-7-9-20(14-19)30-28-31-22(15-37-28)18-10-12-21(32)13-11-18/h7-15,25,29,32H,5-6H2,1-4H3,(H,30,31). The number of ether oxygens (including phenoxy) is 2. The molecule has 4 rings (SSSR count). The molecule has 0 fully saturated rings. The normalized spacial score (nSPS) is 13.8. The number of carbonyl (C=O) groups is 2. The highest BCUT2D eigenvalue weighted by Crippen LogP contribution is 2.40. The number of hydrogen-bond donors (Lipinski definition) is 3. The van der Waals surface area contributed by atoms with Crippen LogP contribution in [0.4, 0.5) is 10.8 Å². The Bertz CT molecular complexity index is 1330. The summed E-state index contributed by atoms with van der Waals surface area (Å²) in [5.41, 5.74) is 5.18. The molecule has 0 unspecified atom stereocenters. The summed E-state index contributed by atoms with van der Waals surface area (Å²) in [7, 11) is 0. The van der Waals surface area contributed by atoms with E-state index in [-0.39, 0.29) is 19.0 Å². The topological polar surface area (TPSA) is 110 Å². The number of benzene rings is 2. The number of allylic oxidation sites excluding steroid dienone is 2. The van der Waals surface area contributed by atoms with Crippen LogP contribution in [0.3, 0.4) is 0 Å². The first-order valence-electron chi connectivity index (χ1n) is 12.0. The third kappa shape index (κ3) is 5.67. The van der Waals surface area contributed by atoms with Gasteiger partial charge < -0.3 is 25.2 Å². The van der Waals surface area contributed by atoms with E-state index in [1.54, 1.807) is 39.8 Å². The molecule has 0 atom stereocenters. The van der Waals surface area contributed by atoms with Crippen molar-refractivity contribution in [2.45, 2.75) is 33.6 Å². The summed E-state index contributed by atoms with van der Waals surface area (Å²) >= 11 is 1.45. The maximum absolute atomic E-state index is 13.0. The second-order valence-corrected chi connectivity index (χ2v) is 9.27. The first kappa shape index (κ1) is 26.0. The van der Waals surface area contributed by atoms with Crippen LogP contribution in [-0.4, -0.2) is 35.2 Å². The number of nitrogens with zero attached hydrogens (tertiary/aromatic N) is 1. The van der Waals surface area contributed by atoms with Crippen LogP contribution in [0.2, 0.25) is 0 Å². The Morgan fingerprint density at radius 2 is 1.62 bits per heavy atom. The summed E-state index contributed by atoms with van der Waals surface area (Å²) in [5, 5.41) is 18.6. The van der Waals surface area contributed by atoms with Gasteiger partial charge >= 0.3 is 11.9 Å². The quantitative estimate of drug-likeness (QED) is 0.329. The smallest absolute Gasteiger partial charge is 0.336 e. The Kier molecular flexibility index (Phi) is 7.93. The number of carbonyl (C=O) groups excluding carboxylic acids is 2. The molecule has 0 radical (unpaired) electrons. The largest absolute Gasteiger partial charge is 0.508 e. The van der Waals surface area contributed by atoms with Crippen LogP contribution in [0.5, 0.6) is 5.75 Å². The van der Waals surface area contributed by atoms with E-state index in [0.29, 0.717) is 27.7 Å². The molecule has 3 N–H and O–H groups in total. The van der Waals surface area contributed by atoms with E-state index in [1.807, 2.05) is 41.8 Å². The number of thiazole rings is 1. The van der Waals surface area contributed by atoms with Gasteiger partial charge in [0.25, 0.3) is 0 Å². The summed E-state index contributed by atoms with van der Waals surface area (Å²) in [4.78, 5) is 30.7. The van der Waals surface area contributed by atoms with Crippen molar-refractivity contribution in [3.63, 3.8) is 0 Å². The predicted octanol–water partition coefficient (Wildman–Crippen LogP) is 5.62. The van der Waals surface area contributed by atoms with Crippen LogP contribution in [-0.2, 0) is 19.1 Å². The van der Waals surface area contributed by atoms with Gasteiger partial charge in [0.05, 0.1) is 36.0 Å². The number of nitrogens with one attached hydrogen (secondary N) is 2.